The summed E-state index contributed by atoms with van der Waals surface area (Å²) in [6, 6.07) is 21.8. The first kappa shape index (κ1) is 21.8. The van der Waals surface area contributed by atoms with Crippen molar-refractivity contribution in [1.29, 1.82) is 0 Å². The van der Waals surface area contributed by atoms with Crippen molar-refractivity contribution < 1.29 is 19.1 Å². The third-order valence-corrected chi connectivity index (χ3v) is 5.10. The van der Waals surface area contributed by atoms with Crippen molar-refractivity contribution in [2.75, 3.05) is 19.0 Å². The Hall–Kier alpha value is -4.39. The Balaban J connectivity index is 1.31. The van der Waals surface area contributed by atoms with Crippen molar-refractivity contribution >= 4 is 17.6 Å². The minimum absolute atomic E-state index is 0.252. The molecule has 0 saturated heterocycles. The molecule has 4 rings (SSSR count). The molecule has 1 aromatic heterocycles. The van der Waals surface area contributed by atoms with Crippen LogP contribution in [0.3, 0.4) is 0 Å². The number of methoxy groups -OCH3 is 1. The van der Waals surface area contributed by atoms with Gasteiger partial charge in [0.15, 0.2) is 0 Å². The van der Waals surface area contributed by atoms with Gasteiger partial charge in [-0.15, -0.1) is 0 Å². The number of H-pyrrole nitrogens is 1. The first-order chi connectivity index (χ1) is 16.1. The van der Waals surface area contributed by atoms with Crippen molar-refractivity contribution in [2.24, 2.45) is 0 Å². The van der Waals surface area contributed by atoms with Gasteiger partial charge < -0.3 is 19.8 Å². The molecule has 33 heavy (non-hydrogen) atoms. The van der Waals surface area contributed by atoms with E-state index in [4.69, 9.17) is 4.74 Å². The highest BCUT2D eigenvalue weighted by molar-refractivity contribution is 6.04. The van der Waals surface area contributed by atoms with Crippen molar-refractivity contribution in [3.63, 3.8) is 0 Å². The van der Waals surface area contributed by atoms with Crippen LogP contribution in [-0.2, 0) is 11.2 Å². The molecule has 4 aromatic rings. The molecule has 1 amide bonds. The van der Waals surface area contributed by atoms with Crippen LogP contribution in [0.5, 0.6) is 5.75 Å². The molecule has 0 spiro atoms. The van der Waals surface area contributed by atoms with E-state index in [0.717, 1.165) is 29.0 Å². The van der Waals surface area contributed by atoms with Crippen LogP contribution in [0.25, 0.3) is 11.3 Å². The molecule has 7 heteroatoms. The molecule has 7 nitrogen and oxygen atoms in total. The number of ether oxygens (including phenoxy) is 2. The molecule has 0 atom stereocenters. The van der Waals surface area contributed by atoms with E-state index >= 15 is 0 Å². The second-order valence-electron chi connectivity index (χ2n) is 7.28. The minimum Gasteiger partial charge on any atom is -0.493 e. The lowest BCUT2D eigenvalue weighted by molar-refractivity contribution is 0.0600. The van der Waals surface area contributed by atoms with Crippen LogP contribution in [0.1, 0.15) is 26.3 Å². The lowest BCUT2D eigenvalue weighted by atomic mass is 10.1. The molecule has 0 unspecified atom stereocenters. The fraction of sp³-hybridized carbons (Fsp3) is 0.115. The number of amides is 1. The molecule has 0 aliphatic carbocycles. The Morgan fingerprint density at radius 1 is 0.939 bits per heavy atom. The molecular weight excluding hydrogens is 418 g/mol. The number of nitrogens with zero attached hydrogens (tertiary/aromatic N) is 1. The van der Waals surface area contributed by atoms with E-state index < -0.39 is 5.97 Å². The molecule has 0 fully saturated rings. The van der Waals surface area contributed by atoms with Gasteiger partial charge in [0, 0.05) is 23.2 Å². The SMILES string of the molecule is COC(=O)c1ccc(C(=O)Nc2ccc(CCOc3ccccc3-c3cnc[nH]3)cc2)cc1. The second kappa shape index (κ2) is 10.3. The average Bonchev–Trinajstić information content (AvgIpc) is 3.40. The maximum Gasteiger partial charge on any atom is 0.337 e. The molecule has 2 N–H and O–H groups in total. The van der Waals surface area contributed by atoms with Crippen LogP contribution >= 0.6 is 0 Å². The van der Waals surface area contributed by atoms with Gasteiger partial charge >= 0.3 is 5.97 Å². The fourth-order valence-electron chi connectivity index (χ4n) is 3.33. The summed E-state index contributed by atoms with van der Waals surface area (Å²) in [6.45, 7) is 0.517. The van der Waals surface area contributed by atoms with Crippen molar-refractivity contribution in [3.8, 4) is 17.0 Å². The van der Waals surface area contributed by atoms with E-state index in [0.29, 0.717) is 23.4 Å². The maximum absolute atomic E-state index is 12.5. The third-order valence-electron chi connectivity index (χ3n) is 5.10. The average molecular weight is 441 g/mol. The van der Waals surface area contributed by atoms with Gasteiger partial charge in [0.2, 0.25) is 0 Å². The van der Waals surface area contributed by atoms with Gasteiger partial charge in [-0.25, -0.2) is 9.78 Å². The van der Waals surface area contributed by atoms with Crippen molar-refractivity contribution in [1.82, 2.24) is 9.97 Å². The molecule has 1 heterocycles. The Morgan fingerprint density at radius 3 is 2.36 bits per heavy atom. The molecular formula is C26H23N3O4. The summed E-state index contributed by atoms with van der Waals surface area (Å²) < 4.78 is 10.7. The fourth-order valence-corrected chi connectivity index (χ4v) is 3.33. The zero-order valence-corrected chi connectivity index (χ0v) is 18.1. The topological polar surface area (TPSA) is 93.3 Å². The van der Waals surface area contributed by atoms with E-state index in [9.17, 15) is 9.59 Å². The monoisotopic (exact) mass is 441 g/mol. The van der Waals surface area contributed by atoms with E-state index in [-0.39, 0.29) is 5.91 Å². The van der Waals surface area contributed by atoms with Crippen LogP contribution in [-0.4, -0.2) is 35.6 Å². The summed E-state index contributed by atoms with van der Waals surface area (Å²) in [5, 5.41) is 2.86. The summed E-state index contributed by atoms with van der Waals surface area (Å²) >= 11 is 0. The van der Waals surface area contributed by atoms with Gasteiger partial charge in [-0.3, -0.25) is 4.79 Å². The highest BCUT2D eigenvalue weighted by Gasteiger charge is 2.10. The van der Waals surface area contributed by atoms with Gasteiger partial charge in [-0.05, 0) is 54.1 Å². The zero-order valence-electron chi connectivity index (χ0n) is 18.1. The molecule has 0 aliphatic heterocycles. The highest BCUT2D eigenvalue weighted by Crippen LogP contribution is 2.28. The van der Waals surface area contributed by atoms with E-state index in [1.807, 2.05) is 48.5 Å². The standard InChI is InChI=1S/C26H23N3O4/c1-32-26(31)20-10-8-19(9-11-20)25(30)29-21-12-6-18(7-13-21)14-15-33-24-5-3-2-4-22(24)23-16-27-17-28-23/h2-13,16-17H,14-15H2,1H3,(H,27,28)(H,29,30). The van der Waals surface area contributed by atoms with Gasteiger partial charge in [0.05, 0.1) is 37.5 Å². The number of carbonyl (C=O) groups excluding carboxylic acids is 2. The Kier molecular flexibility index (Phi) is 6.80. The second-order valence-corrected chi connectivity index (χ2v) is 7.28. The smallest absolute Gasteiger partial charge is 0.337 e. The number of carbonyl (C=O) groups is 2. The number of rotatable bonds is 8. The Bertz CT molecular complexity index is 1220. The lowest BCUT2D eigenvalue weighted by Crippen LogP contribution is -2.12. The number of aromatic amines is 1. The number of aromatic nitrogens is 2. The van der Waals surface area contributed by atoms with Crippen LogP contribution in [0, 0.1) is 0 Å². The van der Waals surface area contributed by atoms with Gasteiger partial charge in [-0.1, -0.05) is 24.3 Å². The summed E-state index contributed by atoms with van der Waals surface area (Å²) in [7, 11) is 1.32. The summed E-state index contributed by atoms with van der Waals surface area (Å²) in [6.07, 6.45) is 4.13. The minimum atomic E-state index is -0.439. The highest BCUT2D eigenvalue weighted by atomic mass is 16.5. The van der Waals surface area contributed by atoms with Crippen molar-refractivity contribution in [2.45, 2.75) is 6.42 Å². The van der Waals surface area contributed by atoms with Gasteiger partial charge in [0.25, 0.3) is 5.91 Å². The zero-order chi connectivity index (χ0) is 23.0. The molecule has 0 bridgehead atoms. The lowest BCUT2D eigenvalue weighted by Gasteiger charge is -2.11. The largest absolute Gasteiger partial charge is 0.493 e. The number of esters is 1. The number of anilines is 1. The predicted molar refractivity (Wildman–Crippen MR) is 125 cm³/mol. The third kappa shape index (κ3) is 5.46. The van der Waals surface area contributed by atoms with Crippen LogP contribution < -0.4 is 10.1 Å². The molecule has 166 valence electrons. The Labute approximate surface area is 191 Å². The maximum atomic E-state index is 12.5. The number of nitrogens with one attached hydrogen (secondary N) is 2. The molecule has 0 radical (unpaired) electrons. The van der Waals surface area contributed by atoms with Crippen LogP contribution in [0.15, 0.2) is 85.3 Å². The Morgan fingerprint density at radius 2 is 1.67 bits per heavy atom. The summed E-state index contributed by atoms with van der Waals surface area (Å²) in [5.74, 6) is 0.105. The predicted octanol–water partition coefficient (Wildman–Crippen LogP) is 4.74. The molecule has 3 aromatic carbocycles. The van der Waals surface area contributed by atoms with Crippen molar-refractivity contribution in [3.05, 3.63) is 102 Å². The number of hydrogen-bond donors (Lipinski definition) is 2. The van der Waals surface area contributed by atoms with Crippen LogP contribution in [0.2, 0.25) is 0 Å². The van der Waals surface area contributed by atoms with Gasteiger partial charge in [-0.2, -0.15) is 0 Å². The van der Waals surface area contributed by atoms with E-state index in [1.165, 1.54) is 7.11 Å². The van der Waals surface area contributed by atoms with E-state index in [1.54, 1.807) is 36.8 Å². The van der Waals surface area contributed by atoms with Gasteiger partial charge in [0.1, 0.15) is 5.75 Å². The first-order valence-corrected chi connectivity index (χ1v) is 10.4. The number of para-hydroxylation sites is 1. The first-order valence-electron chi connectivity index (χ1n) is 10.4. The number of imidazole rings is 1. The molecule has 0 saturated carbocycles. The molecule has 0 aliphatic rings. The normalized spacial score (nSPS) is 10.5. The summed E-state index contributed by atoms with van der Waals surface area (Å²) in [5.41, 5.74) is 4.50. The van der Waals surface area contributed by atoms with E-state index in [2.05, 4.69) is 20.0 Å². The van der Waals surface area contributed by atoms with Crippen LogP contribution in [0.4, 0.5) is 5.69 Å². The number of hydrogen-bond acceptors (Lipinski definition) is 5. The summed E-state index contributed by atoms with van der Waals surface area (Å²) in [4.78, 5) is 31.1. The number of benzene rings is 3. The quantitative estimate of drug-likeness (QED) is 0.385.